The molecule has 1 aromatic rings. The maximum absolute atomic E-state index is 12.1. The van der Waals surface area contributed by atoms with Crippen LogP contribution in [0.1, 0.15) is 28.8 Å². The Bertz CT molecular complexity index is 537. The lowest BCUT2D eigenvalue weighted by Gasteiger charge is -2.18. The van der Waals surface area contributed by atoms with E-state index >= 15 is 0 Å². The van der Waals surface area contributed by atoms with Crippen molar-refractivity contribution in [2.45, 2.75) is 19.3 Å². The Labute approximate surface area is 111 Å². The molecule has 19 heavy (non-hydrogen) atoms. The molecular formula is C14H16N2O3. The zero-order valence-electron chi connectivity index (χ0n) is 10.6. The number of carbonyl (C=O) groups is 2. The van der Waals surface area contributed by atoms with Crippen LogP contribution in [0.4, 0.5) is 10.5 Å². The van der Waals surface area contributed by atoms with Gasteiger partial charge in [-0.25, -0.2) is 9.59 Å². The quantitative estimate of drug-likeness (QED) is 0.871. The zero-order valence-corrected chi connectivity index (χ0v) is 10.6. The third-order valence-electron chi connectivity index (χ3n) is 3.71. The second-order valence-corrected chi connectivity index (χ2v) is 5.18. The average Bonchev–Trinajstić information content (AvgIpc) is 3.13. The first kappa shape index (κ1) is 12.0. The predicted molar refractivity (Wildman–Crippen MR) is 70.6 cm³/mol. The number of hydrogen-bond acceptors (Lipinski definition) is 2. The van der Waals surface area contributed by atoms with Crippen molar-refractivity contribution in [3.8, 4) is 0 Å². The SMILES string of the molecule is O=C(O)c1ccc2c(c1)CCN2C(=O)NCC1CC1. The van der Waals surface area contributed by atoms with Gasteiger partial charge in [0.05, 0.1) is 5.56 Å². The van der Waals surface area contributed by atoms with Crippen LogP contribution in [0.3, 0.4) is 0 Å². The number of nitrogens with zero attached hydrogens (tertiary/aromatic N) is 1. The van der Waals surface area contributed by atoms with Crippen molar-refractivity contribution in [1.29, 1.82) is 0 Å². The summed E-state index contributed by atoms with van der Waals surface area (Å²) in [5, 5.41) is 11.9. The Morgan fingerprint density at radius 1 is 1.37 bits per heavy atom. The maximum atomic E-state index is 12.1. The number of anilines is 1. The minimum atomic E-state index is -0.931. The molecule has 5 nitrogen and oxygen atoms in total. The summed E-state index contributed by atoms with van der Waals surface area (Å²) >= 11 is 0. The normalized spacial score (nSPS) is 17.2. The molecule has 0 spiro atoms. The molecular weight excluding hydrogens is 244 g/mol. The molecule has 1 aliphatic carbocycles. The van der Waals surface area contributed by atoms with E-state index in [1.165, 1.54) is 12.8 Å². The van der Waals surface area contributed by atoms with Crippen LogP contribution < -0.4 is 10.2 Å². The number of fused-ring (bicyclic) bond motifs is 1. The summed E-state index contributed by atoms with van der Waals surface area (Å²) in [6, 6.07) is 4.86. The molecule has 1 saturated carbocycles. The third-order valence-corrected chi connectivity index (χ3v) is 3.71. The first-order valence-corrected chi connectivity index (χ1v) is 6.57. The molecule has 2 N–H and O–H groups in total. The minimum Gasteiger partial charge on any atom is -0.478 e. The molecule has 0 atom stereocenters. The van der Waals surface area contributed by atoms with Gasteiger partial charge >= 0.3 is 12.0 Å². The van der Waals surface area contributed by atoms with Crippen molar-refractivity contribution in [3.05, 3.63) is 29.3 Å². The fourth-order valence-corrected chi connectivity index (χ4v) is 2.39. The molecule has 0 radical (unpaired) electrons. The van der Waals surface area contributed by atoms with Gasteiger partial charge in [0.1, 0.15) is 0 Å². The summed E-state index contributed by atoms with van der Waals surface area (Å²) in [6.45, 7) is 1.37. The van der Waals surface area contributed by atoms with E-state index in [4.69, 9.17) is 5.11 Å². The van der Waals surface area contributed by atoms with E-state index in [0.717, 1.165) is 17.8 Å². The van der Waals surface area contributed by atoms with Crippen LogP contribution in [0.2, 0.25) is 0 Å². The van der Waals surface area contributed by atoms with Gasteiger partial charge in [-0.15, -0.1) is 0 Å². The van der Waals surface area contributed by atoms with E-state index in [0.29, 0.717) is 18.9 Å². The van der Waals surface area contributed by atoms with Crippen molar-refractivity contribution in [2.24, 2.45) is 5.92 Å². The molecule has 3 rings (SSSR count). The molecule has 0 aromatic heterocycles. The molecule has 1 fully saturated rings. The van der Waals surface area contributed by atoms with Gasteiger partial charge in [0, 0.05) is 18.8 Å². The molecule has 1 aliphatic heterocycles. The highest BCUT2D eigenvalue weighted by Gasteiger charge is 2.27. The summed E-state index contributed by atoms with van der Waals surface area (Å²) in [7, 11) is 0. The second-order valence-electron chi connectivity index (χ2n) is 5.18. The van der Waals surface area contributed by atoms with E-state index in [1.54, 1.807) is 23.1 Å². The molecule has 0 bridgehead atoms. The van der Waals surface area contributed by atoms with Crippen LogP contribution in [-0.2, 0) is 6.42 Å². The summed E-state index contributed by atoms with van der Waals surface area (Å²) in [5.74, 6) is -0.278. The van der Waals surface area contributed by atoms with Crippen LogP contribution in [0, 0.1) is 5.92 Å². The number of amides is 2. The lowest BCUT2D eigenvalue weighted by molar-refractivity contribution is 0.0697. The van der Waals surface area contributed by atoms with Gasteiger partial charge in [-0.2, -0.15) is 0 Å². The third kappa shape index (κ3) is 2.41. The van der Waals surface area contributed by atoms with Crippen LogP contribution in [0.25, 0.3) is 0 Å². The Hall–Kier alpha value is -2.04. The number of aromatic carboxylic acids is 1. The molecule has 0 unspecified atom stereocenters. The first-order chi connectivity index (χ1) is 9.15. The Morgan fingerprint density at radius 3 is 2.84 bits per heavy atom. The number of nitrogens with one attached hydrogen (secondary N) is 1. The fourth-order valence-electron chi connectivity index (χ4n) is 2.39. The van der Waals surface area contributed by atoms with Crippen LogP contribution in [0.5, 0.6) is 0 Å². The molecule has 2 amide bonds. The van der Waals surface area contributed by atoms with Crippen LogP contribution in [-0.4, -0.2) is 30.2 Å². The lowest BCUT2D eigenvalue weighted by atomic mass is 10.1. The highest BCUT2D eigenvalue weighted by atomic mass is 16.4. The number of carboxylic acids is 1. The monoisotopic (exact) mass is 260 g/mol. The zero-order chi connectivity index (χ0) is 13.4. The van der Waals surface area contributed by atoms with Crippen molar-refractivity contribution in [3.63, 3.8) is 0 Å². The van der Waals surface area contributed by atoms with Gasteiger partial charge in [-0.1, -0.05) is 0 Å². The summed E-state index contributed by atoms with van der Waals surface area (Å²) in [6.07, 6.45) is 3.13. The van der Waals surface area contributed by atoms with E-state index in [-0.39, 0.29) is 11.6 Å². The predicted octanol–water partition coefficient (Wildman–Crippen LogP) is 1.87. The van der Waals surface area contributed by atoms with Crippen molar-refractivity contribution >= 4 is 17.7 Å². The van der Waals surface area contributed by atoms with Gasteiger partial charge in [0.15, 0.2) is 0 Å². The van der Waals surface area contributed by atoms with Gasteiger partial charge in [0.2, 0.25) is 0 Å². The number of carbonyl (C=O) groups excluding carboxylic acids is 1. The number of benzene rings is 1. The van der Waals surface area contributed by atoms with Gasteiger partial charge in [0.25, 0.3) is 0 Å². The highest BCUT2D eigenvalue weighted by molar-refractivity contribution is 5.96. The van der Waals surface area contributed by atoms with Gasteiger partial charge in [-0.05, 0) is 48.9 Å². The Kier molecular flexibility index (Phi) is 2.89. The van der Waals surface area contributed by atoms with E-state index in [1.807, 2.05) is 0 Å². The lowest BCUT2D eigenvalue weighted by Crippen LogP contribution is -2.39. The summed E-state index contributed by atoms with van der Waals surface area (Å²) in [5.41, 5.74) is 2.04. The molecule has 100 valence electrons. The number of urea groups is 1. The number of hydrogen-bond donors (Lipinski definition) is 2. The molecule has 2 aliphatic rings. The standard InChI is InChI=1S/C14H16N2O3/c17-13(18)11-3-4-12-10(7-11)5-6-16(12)14(19)15-8-9-1-2-9/h3-4,7,9H,1-2,5-6,8H2,(H,15,19)(H,17,18). The summed E-state index contributed by atoms with van der Waals surface area (Å²) in [4.78, 5) is 24.7. The van der Waals surface area contributed by atoms with Gasteiger partial charge in [-0.3, -0.25) is 4.90 Å². The molecule has 1 aromatic carbocycles. The van der Waals surface area contributed by atoms with E-state index in [9.17, 15) is 9.59 Å². The maximum Gasteiger partial charge on any atom is 0.335 e. The van der Waals surface area contributed by atoms with Crippen LogP contribution >= 0.6 is 0 Å². The van der Waals surface area contributed by atoms with Crippen molar-refractivity contribution < 1.29 is 14.7 Å². The Morgan fingerprint density at radius 2 is 2.16 bits per heavy atom. The van der Waals surface area contributed by atoms with E-state index in [2.05, 4.69) is 5.32 Å². The Balaban J connectivity index is 1.73. The molecule has 5 heteroatoms. The second kappa shape index (κ2) is 4.57. The van der Waals surface area contributed by atoms with E-state index < -0.39 is 5.97 Å². The molecule has 0 saturated heterocycles. The number of rotatable bonds is 3. The van der Waals surface area contributed by atoms with Crippen molar-refractivity contribution in [2.75, 3.05) is 18.0 Å². The summed E-state index contributed by atoms with van der Waals surface area (Å²) < 4.78 is 0. The van der Waals surface area contributed by atoms with Crippen molar-refractivity contribution in [1.82, 2.24) is 5.32 Å². The average molecular weight is 260 g/mol. The fraction of sp³-hybridized carbons (Fsp3) is 0.429. The minimum absolute atomic E-state index is 0.0753. The first-order valence-electron chi connectivity index (χ1n) is 6.57. The van der Waals surface area contributed by atoms with Crippen LogP contribution in [0.15, 0.2) is 18.2 Å². The largest absolute Gasteiger partial charge is 0.478 e. The van der Waals surface area contributed by atoms with Gasteiger partial charge < -0.3 is 10.4 Å². The highest BCUT2D eigenvalue weighted by Crippen LogP contribution is 2.30. The smallest absolute Gasteiger partial charge is 0.335 e. The number of carboxylic acid groups (broad SMARTS) is 1. The topological polar surface area (TPSA) is 69.6 Å². The molecule has 1 heterocycles.